The van der Waals surface area contributed by atoms with Crippen molar-refractivity contribution in [3.05, 3.63) is 76.4 Å². The molecule has 21 heavy (non-hydrogen) atoms. The standard InChI is InChI=1S/C17H14N2O2/c20-16-8-4-7-14-9-10-15(18-17(14)16)12-19(21)11-13-5-2-1-3-6-13/h1-10,12,21H,11H2/b15-12-. The number of benzene rings is 1. The minimum Gasteiger partial charge on any atom is -0.289 e. The van der Waals surface area contributed by atoms with Crippen LogP contribution < -0.4 is 10.6 Å². The number of hydroxylamine groups is 2. The predicted molar refractivity (Wildman–Crippen MR) is 79.7 cm³/mol. The zero-order chi connectivity index (χ0) is 14.7. The molecule has 1 aliphatic rings. The fourth-order valence-corrected chi connectivity index (χ4v) is 2.18. The SMILES string of the molecule is O=C1C=CC=c2cc/c(=C/N(O)Cc3ccccc3)nc21. The number of carbonyl (C=O) groups is 1. The number of ketones is 1. The van der Waals surface area contributed by atoms with E-state index >= 15 is 0 Å². The average Bonchev–Trinajstić information content (AvgIpc) is 2.49. The fourth-order valence-electron chi connectivity index (χ4n) is 2.18. The molecule has 0 amide bonds. The molecule has 0 fully saturated rings. The molecule has 4 nitrogen and oxygen atoms in total. The summed E-state index contributed by atoms with van der Waals surface area (Å²) < 4.78 is 0. The maximum Gasteiger partial charge on any atom is 0.204 e. The lowest BCUT2D eigenvalue weighted by molar-refractivity contribution is -0.0288. The molecule has 0 unspecified atom stereocenters. The van der Waals surface area contributed by atoms with Crippen molar-refractivity contribution in [3.8, 4) is 0 Å². The van der Waals surface area contributed by atoms with E-state index in [1.54, 1.807) is 12.1 Å². The number of aromatic nitrogens is 1. The summed E-state index contributed by atoms with van der Waals surface area (Å²) in [6.07, 6.45) is 6.55. The Hall–Kier alpha value is -2.72. The van der Waals surface area contributed by atoms with Crippen molar-refractivity contribution in [1.82, 2.24) is 10.0 Å². The summed E-state index contributed by atoms with van der Waals surface area (Å²) >= 11 is 0. The Morgan fingerprint density at radius 1 is 1.14 bits per heavy atom. The van der Waals surface area contributed by atoms with Gasteiger partial charge in [0.1, 0.15) is 5.69 Å². The van der Waals surface area contributed by atoms with E-state index in [0.717, 1.165) is 15.8 Å². The summed E-state index contributed by atoms with van der Waals surface area (Å²) in [5.41, 5.74) is 1.40. The first-order valence-corrected chi connectivity index (χ1v) is 6.63. The number of hydrogen-bond acceptors (Lipinski definition) is 4. The highest BCUT2D eigenvalue weighted by Crippen LogP contribution is 2.02. The average molecular weight is 278 g/mol. The molecule has 0 atom stereocenters. The molecule has 4 heteroatoms. The number of pyridine rings is 1. The van der Waals surface area contributed by atoms with Crippen molar-refractivity contribution in [2.75, 3.05) is 0 Å². The van der Waals surface area contributed by atoms with Crippen molar-refractivity contribution >= 4 is 18.1 Å². The van der Waals surface area contributed by atoms with Gasteiger partial charge in [-0.15, -0.1) is 0 Å². The number of hydrogen-bond donors (Lipinski definition) is 1. The van der Waals surface area contributed by atoms with E-state index < -0.39 is 0 Å². The van der Waals surface area contributed by atoms with E-state index in [1.165, 1.54) is 12.3 Å². The third-order valence-corrected chi connectivity index (χ3v) is 3.17. The molecule has 0 radical (unpaired) electrons. The van der Waals surface area contributed by atoms with Crippen LogP contribution >= 0.6 is 0 Å². The van der Waals surface area contributed by atoms with Gasteiger partial charge in [-0.25, -0.2) is 4.98 Å². The van der Waals surface area contributed by atoms with Crippen LogP contribution in [-0.2, 0) is 6.54 Å². The lowest BCUT2D eigenvalue weighted by Crippen LogP contribution is -2.26. The quantitative estimate of drug-likeness (QED) is 0.858. The Morgan fingerprint density at radius 2 is 1.95 bits per heavy atom. The predicted octanol–water partition coefficient (Wildman–Crippen LogP) is 1.24. The maximum atomic E-state index is 11.8. The van der Waals surface area contributed by atoms with Gasteiger partial charge in [-0.05, 0) is 17.7 Å². The highest BCUT2D eigenvalue weighted by Gasteiger charge is 2.08. The minimum atomic E-state index is -0.115. The molecular formula is C17H14N2O2. The zero-order valence-electron chi connectivity index (χ0n) is 11.3. The van der Waals surface area contributed by atoms with Crippen LogP contribution in [0.2, 0.25) is 0 Å². The van der Waals surface area contributed by atoms with Crippen LogP contribution in [0.15, 0.2) is 54.6 Å². The Morgan fingerprint density at radius 3 is 2.76 bits per heavy atom. The van der Waals surface area contributed by atoms with Crippen molar-refractivity contribution in [3.63, 3.8) is 0 Å². The molecule has 0 saturated carbocycles. The lowest BCUT2D eigenvalue weighted by atomic mass is 10.1. The van der Waals surface area contributed by atoms with Gasteiger partial charge in [-0.3, -0.25) is 15.1 Å². The van der Waals surface area contributed by atoms with Crippen molar-refractivity contribution in [1.29, 1.82) is 0 Å². The minimum absolute atomic E-state index is 0.115. The molecule has 104 valence electrons. The largest absolute Gasteiger partial charge is 0.289 e. The van der Waals surface area contributed by atoms with Gasteiger partial charge in [0, 0.05) is 5.22 Å². The van der Waals surface area contributed by atoms with E-state index in [0.29, 0.717) is 17.6 Å². The molecule has 2 aromatic rings. The van der Waals surface area contributed by atoms with Crippen LogP contribution in [0.3, 0.4) is 0 Å². The molecule has 3 rings (SSSR count). The summed E-state index contributed by atoms with van der Waals surface area (Å²) in [6, 6.07) is 13.2. The molecule has 1 heterocycles. The molecule has 0 saturated heterocycles. The van der Waals surface area contributed by atoms with E-state index in [-0.39, 0.29) is 5.78 Å². The number of rotatable bonds is 3. The number of nitrogens with zero attached hydrogens (tertiary/aromatic N) is 2. The number of carbonyl (C=O) groups excluding carboxylic acids is 1. The van der Waals surface area contributed by atoms with Gasteiger partial charge in [0.05, 0.1) is 18.1 Å². The normalized spacial score (nSPS) is 13.8. The molecule has 0 aliphatic heterocycles. The second-order valence-electron chi connectivity index (χ2n) is 4.78. The van der Waals surface area contributed by atoms with Gasteiger partial charge in [0.2, 0.25) is 5.78 Å². The van der Waals surface area contributed by atoms with Gasteiger partial charge in [-0.1, -0.05) is 48.6 Å². The summed E-state index contributed by atoms with van der Waals surface area (Å²) in [7, 11) is 0. The van der Waals surface area contributed by atoms with Crippen LogP contribution in [-0.4, -0.2) is 21.0 Å². The first-order chi connectivity index (χ1) is 10.2. The Balaban J connectivity index is 1.87. The van der Waals surface area contributed by atoms with Gasteiger partial charge in [-0.2, -0.15) is 0 Å². The Labute approximate surface area is 121 Å². The number of allylic oxidation sites excluding steroid dienone is 2. The van der Waals surface area contributed by atoms with E-state index in [9.17, 15) is 10.0 Å². The van der Waals surface area contributed by atoms with Crippen molar-refractivity contribution in [2.24, 2.45) is 0 Å². The van der Waals surface area contributed by atoms with Crippen LogP contribution in [0.5, 0.6) is 0 Å². The van der Waals surface area contributed by atoms with Gasteiger partial charge < -0.3 is 0 Å². The summed E-state index contributed by atoms with van der Waals surface area (Å²) in [6.45, 7) is 0.361. The smallest absolute Gasteiger partial charge is 0.204 e. The molecule has 1 aliphatic carbocycles. The van der Waals surface area contributed by atoms with Crippen molar-refractivity contribution in [2.45, 2.75) is 6.54 Å². The molecule has 1 N–H and O–H groups in total. The van der Waals surface area contributed by atoms with E-state index in [2.05, 4.69) is 4.98 Å². The van der Waals surface area contributed by atoms with Crippen LogP contribution in [0, 0.1) is 0 Å². The fraction of sp³-hybridized carbons (Fsp3) is 0.0588. The second kappa shape index (κ2) is 5.73. The van der Waals surface area contributed by atoms with Gasteiger partial charge in [0.15, 0.2) is 0 Å². The maximum absolute atomic E-state index is 11.8. The number of fused-ring (bicyclic) bond motifs is 1. The Kier molecular flexibility index (Phi) is 3.62. The first-order valence-electron chi connectivity index (χ1n) is 6.63. The zero-order valence-corrected chi connectivity index (χ0v) is 11.3. The monoisotopic (exact) mass is 278 g/mol. The summed E-state index contributed by atoms with van der Waals surface area (Å²) in [5.74, 6) is -0.115. The van der Waals surface area contributed by atoms with Crippen LogP contribution in [0.1, 0.15) is 16.1 Å². The van der Waals surface area contributed by atoms with Gasteiger partial charge in [0.25, 0.3) is 0 Å². The molecule has 1 aromatic carbocycles. The topological polar surface area (TPSA) is 53.4 Å². The van der Waals surface area contributed by atoms with Crippen molar-refractivity contribution < 1.29 is 10.0 Å². The third kappa shape index (κ3) is 3.07. The molecule has 1 aromatic heterocycles. The van der Waals surface area contributed by atoms with E-state index in [1.807, 2.05) is 42.5 Å². The highest BCUT2D eigenvalue weighted by atomic mass is 16.5. The van der Waals surface area contributed by atoms with E-state index in [4.69, 9.17) is 0 Å². The third-order valence-electron chi connectivity index (χ3n) is 3.17. The highest BCUT2D eigenvalue weighted by molar-refractivity contribution is 6.05. The molecule has 0 bridgehead atoms. The lowest BCUT2D eigenvalue weighted by Gasteiger charge is -2.11. The molecular weight excluding hydrogens is 264 g/mol. The van der Waals surface area contributed by atoms with Crippen LogP contribution in [0.25, 0.3) is 12.3 Å². The molecule has 0 spiro atoms. The summed E-state index contributed by atoms with van der Waals surface area (Å²) in [5, 5.41) is 12.4. The Bertz CT molecular complexity index is 810. The second-order valence-corrected chi connectivity index (χ2v) is 4.78. The summed E-state index contributed by atoms with van der Waals surface area (Å²) in [4.78, 5) is 16.0. The van der Waals surface area contributed by atoms with Crippen LogP contribution in [0.4, 0.5) is 0 Å². The van der Waals surface area contributed by atoms with Gasteiger partial charge >= 0.3 is 0 Å². The first kappa shape index (κ1) is 13.3.